The van der Waals surface area contributed by atoms with Crippen LogP contribution in [0.3, 0.4) is 0 Å². The summed E-state index contributed by atoms with van der Waals surface area (Å²) in [7, 11) is 0. The van der Waals surface area contributed by atoms with Gasteiger partial charge >= 0.3 is 0 Å². The van der Waals surface area contributed by atoms with E-state index in [0.717, 1.165) is 32.7 Å². The summed E-state index contributed by atoms with van der Waals surface area (Å²) in [6.07, 6.45) is 0. The Morgan fingerprint density at radius 1 is 0.778 bits per heavy atom. The van der Waals surface area contributed by atoms with Crippen LogP contribution in [0.15, 0.2) is 59.0 Å². The fourth-order valence-electron chi connectivity index (χ4n) is 2.54. The third-order valence-electron chi connectivity index (χ3n) is 3.37. The molecule has 0 bridgehead atoms. The van der Waals surface area contributed by atoms with Crippen LogP contribution in [0.25, 0.3) is 32.7 Å². The second-order valence-electron chi connectivity index (χ2n) is 4.42. The highest BCUT2D eigenvalue weighted by Crippen LogP contribution is 2.37. The van der Waals surface area contributed by atoms with E-state index in [4.69, 9.17) is 4.42 Å². The van der Waals surface area contributed by atoms with Gasteiger partial charge in [-0.05, 0) is 23.6 Å². The van der Waals surface area contributed by atoms with Gasteiger partial charge in [0.05, 0.1) is 5.39 Å². The van der Waals surface area contributed by atoms with Crippen LogP contribution in [0.1, 0.15) is 0 Å². The molecule has 0 spiro atoms. The molecule has 2 nitrogen and oxygen atoms in total. The Bertz CT molecular complexity index is 887. The van der Waals surface area contributed by atoms with Crippen molar-refractivity contribution in [2.45, 2.75) is 0 Å². The second-order valence-corrected chi connectivity index (χ2v) is 4.42. The molecule has 4 aromatic rings. The predicted octanol–water partition coefficient (Wildman–Crippen LogP) is 4.44. The lowest BCUT2D eigenvalue weighted by atomic mass is 10.1. The lowest BCUT2D eigenvalue weighted by molar-refractivity contribution is 0.481. The summed E-state index contributed by atoms with van der Waals surface area (Å²) < 4.78 is 5.89. The molecule has 86 valence electrons. The van der Waals surface area contributed by atoms with Crippen molar-refractivity contribution in [2.75, 3.05) is 0 Å². The first-order valence-electron chi connectivity index (χ1n) is 5.86. The van der Waals surface area contributed by atoms with Crippen molar-refractivity contribution in [3.05, 3.63) is 54.6 Å². The maximum absolute atomic E-state index is 9.97. The molecule has 1 heterocycles. The first kappa shape index (κ1) is 9.54. The van der Waals surface area contributed by atoms with E-state index in [9.17, 15) is 5.11 Å². The minimum absolute atomic E-state index is 0.265. The number of rotatable bonds is 0. The third kappa shape index (κ3) is 1.12. The second kappa shape index (κ2) is 3.26. The highest BCUT2D eigenvalue weighted by Gasteiger charge is 2.12. The Morgan fingerprint density at radius 3 is 2.61 bits per heavy atom. The number of benzene rings is 3. The van der Waals surface area contributed by atoms with E-state index in [-0.39, 0.29) is 5.75 Å². The highest BCUT2D eigenvalue weighted by atomic mass is 16.3. The molecular formula is C16H10O2. The van der Waals surface area contributed by atoms with Gasteiger partial charge in [-0.2, -0.15) is 0 Å². The van der Waals surface area contributed by atoms with Crippen molar-refractivity contribution in [1.82, 2.24) is 0 Å². The van der Waals surface area contributed by atoms with Gasteiger partial charge in [0.2, 0.25) is 0 Å². The van der Waals surface area contributed by atoms with Gasteiger partial charge in [0, 0.05) is 10.8 Å². The molecule has 0 radical (unpaired) electrons. The molecule has 0 atom stereocenters. The van der Waals surface area contributed by atoms with Gasteiger partial charge in [0.25, 0.3) is 0 Å². The van der Waals surface area contributed by atoms with Crippen LogP contribution in [-0.4, -0.2) is 5.11 Å². The number of hydrogen-bond acceptors (Lipinski definition) is 2. The quantitative estimate of drug-likeness (QED) is 0.487. The van der Waals surface area contributed by atoms with Crippen LogP contribution < -0.4 is 0 Å². The molecule has 0 aliphatic carbocycles. The molecule has 0 saturated heterocycles. The topological polar surface area (TPSA) is 33.4 Å². The zero-order chi connectivity index (χ0) is 12.1. The van der Waals surface area contributed by atoms with Gasteiger partial charge in [-0.25, -0.2) is 0 Å². The number of furan rings is 1. The van der Waals surface area contributed by atoms with E-state index in [2.05, 4.69) is 12.1 Å². The first-order valence-corrected chi connectivity index (χ1v) is 5.86. The van der Waals surface area contributed by atoms with E-state index in [0.29, 0.717) is 0 Å². The van der Waals surface area contributed by atoms with E-state index < -0.39 is 0 Å². The van der Waals surface area contributed by atoms with Gasteiger partial charge in [-0.15, -0.1) is 0 Å². The summed E-state index contributed by atoms with van der Waals surface area (Å²) in [5.41, 5.74) is 1.56. The molecule has 2 heteroatoms. The molecule has 1 aromatic heterocycles. The number of phenols is 1. The van der Waals surface area contributed by atoms with Crippen LogP contribution in [-0.2, 0) is 0 Å². The lowest BCUT2D eigenvalue weighted by Crippen LogP contribution is -1.72. The van der Waals surface area contributed by atoms with Crippen molar-refractivity contribution in [3.63, 3.8) is 0 Å². The molecule has 3 aromatic carbocycles. The standard InChI is InChI=1S/C16H10O2/c17-13-6-3-7-14-15(13)12-9-8-10-4-1-2-5-11(10)16(12)18-14/h1-9,17H. The Labute approximate surface area is 103 Å². The van der Waals surface area contributed by atoms with Crippen molar-refractivity contribution in [1.29, 1.82) is 0 Å². The van der Waals surface area contributed by atoms with Gasteiger partial charge in [0.1, 0.15) is 16.9 Å². The van der Waals surface area contributed by atoms with Gasteiger partial charge < -0.3 is 9.52 Å². The molecule has 0 amide bonds. The van der Waals surface area contributed by atoms with Crippen molar-refractivity contribution in [2.24, 2.45) is 0 Å². The van der Waals surface area contributed by atoms with Crippen molar-refractivity contribution < 1.29 is 9.52 Å². The fraction of sp³-hybridized carbons (Fsp3) is 0. The van der Waals surface area contributed by atoms with Gasteiger partial charge in [0.15, 0.2) is 0 Å². The Morgan fingerprint density at radius 2 is 1.67 bits per heavy atom. The smallest absolute Gasteiger partial charge is 0.143 e. The Hall–Kier alpha value is -2.48. The van der Waals surface area contributed by atoms with Crippen LogP contribution >= 0.6 is 0 Å². The highest BCUT2D eigenvalue weighted by molar-refractivity contribution is 6.16. The van der Waals surface area contributed by atoms with Crippen molar-refractivity contribution >= 4 is 32.7 Å². The minimum atomic E-state index is 0.265. The van der Waals surface area contributed by atoms with Crippen LogP contribution in [0.4, 0.5) is 0 Å². The molecule has 18 heavy (non-hydrogen) atoms. The number of phenolic OH excluding ortho intramolecular Hbond substituents is 1. The Kier molecular flexibility index (Phi) is 1.73. The van der Waals surface area contributed by atoms with Crippen LogP contribution in [0.2, 0.25) is 0 Å². The summed E-state index contributed by atoms with van der Waals surface area (Å²) in [5, 5.41) is 13.9. The Balaban J connectivity index is 2.34. The summed E-state index contributed by atoms with van der Waals surface area (Å²) >= 11 is 0. The van der Waals surface area contributed by atoms with Crippen molar-refractivity contribution in [3.8, 4) is 5.75 Å². The SMILES string of the molecule is Oc1cccc2oc3c4ccccc4ccc3c12. The molecular weight excluding hydrogens is 224 g/mol. The number of hydrogen-bond donors (Lipinski definition) is 1. The summed E-state index contributed by atoms with van der Waals surface area (Å²) in [5.74, 6) is 0.265. The van der Waals surface area contributed by atoms with Gasteiger partial charge in [-0.3, -0.25) is 0 Å². The van der Waals surface area contributed by atoms with Crippen LogP contribution in [0.5, 0.6) is 5.75 Å². The number of fused-ring (bicyclic) bond motifs is 5. The van der Waals surface area contributed by atoms with Gasteiger partial charge in [-0.1, -0.05) is 36.4 Å². The lowest BCUT2D eigenvalue weighted by Gasteiger charge is -1.97. The molecule has 0 saturated carbocycles. The van der Waals surface area contributed by atoms with E-state index in [1.54, 1.807) is 12.1 Å². The minimum Gasteiger partial charge on any atom is -0.507 e. The summed E-state index contributed by atoms with van der Waals surface area (Å²) in [4.78, 5) is 0. The van der Waals surface area contributed by atoms with Crippen LogP contribution in [0, 0.1) is 0 Å². The zero-order valence-corrected chi connectivity index (χ0v) is 9.55. The molecule has 1 N–H and O–H groups in total. The number of aromatic hydroxyl groups is 1. The molecule has 0 aliphatic heterocycles. The summed E-state index contributed by atoms with van der Waals surface area (Å²) in [6.45, 7) is 0. The fourth-order valence-corrected chi connectivity index (χ4v) is 2.54. The maximum Gasteiger partial charge on any atom is 0.143 e. The molecule has 0 unspecified atom stereocenters. The van der Waals surface area contributed by atoms with E-state index in [1.165, 1.54) is 0 Å². The monoisotopic (exact) mass is 234 g/mol. The average molecular weight is 234 g/mol. The molecule has 0 fully saturated rings. The summed E-state index contributed by atoms with van der Waals surface area (Å²) in [6, 6.07) is 17.5. The average Bonchev–Trinajstić information content (AvgIpc) is 2.79. The maximum atomic E-state index is 9.97. The largest absolute Gasteiger partial charge is 0.507 e. The van der Waals surface area contributed by atoms with E-state index in [1.807, 2.05) is 30.3 Å². The molecule has 4 rings (SSSR count). The first-order chi connectivity index (χ1) is 8.84. The predicted molar refractivity (Wildman–Crippen MR) is 72.9 cm³/mol. The van der Waals surface area contributed by atoms with E-state index >= 15 is 0 Å². The third-order valence-corrected chi connectivity index (χ3v) is 3.37. The zero-order valence-electron chi connectivity index (χ0n) is 9.55. The molecule has 0 aliphatic rings. The normalized spacial score (nSPS) is 11.6.